The van der Waals surface area contributed by atoms with Crippen molar-refractivity contribution in [1.29, 1.82) is 0 Å². The van der Waals surface area contributed by atoms with Gasteiger partial charge in [-0.25, -0.2) is 4.79 Å². The first kappa shape index (κ1) is 108. The van der Waals surface area contributed by atoms with E-state index in [1.807, 2.05) is 99.3 Å². The lowest BCUT2D eigenvalue weighted by Crippen LogP contribution is -2.51. The summed E-state index contributed by atoms with van der Waals surface area (Å²) in [6, 6.07) is 21.1. The second-order valence-corrected chi connectivity index (χ2v) is 33.3. The lowest BCUT2D eigenvalue weighted by Gasteiger charge is -2.33. The number of hydroxylamine groups is 2. The van der Waals surface area contributed by atoms with Crippen LogP contribution in [0.15, 0.2) is 97.1 Å². The van der Waals surface area contributed by atoms with Crippen molar-refractivity contribution in [1.82, 2.24) is 64.7 Å². The molecule has 9 rings (SSSR count). The van der Waals surface area contributed by atoms with Gasteiger partial charge in [0.25, 0.3) is 35.4 Å². The van der Waals surface area contributed by atoms with E-state index < -0.39 is 107 Å². The number of hydrogen-bond acceptors (Lipinski definition) is 30. The Labute approximate surface area is 775 Å². The predicted octanol–water partition coefficient (Wildman–Crippen LogP) is 0.775. The number of imide groups is 3. The molecule has 4 aromatic rings. The molecule has 0 spiro atoms. The van der Waals surface area contributed by atoms with Crippen molar-refractivity contribution in [2.75, 3.05) is 199 Å². The van der Waals surface area contributed by atoms with Crippen molar-refractivity contribution in [3.63, 3.8) is 0 Å². The van der Waals surface area contributed by atoms with E-state index >= 15 is 0 Å². The van der Waals surface area contributed by atoms with Gasteiger partial charge in [0.1, 0.15) is 17.9 Å². The molecule has 43 nitrogen and oxygen atoms in total. The number of hydrogen-bond donors (Lipinski definition) is 13. The van der Waals surface area contributed by atoms with Crippen LogP contribution in [0, 0.1) is 27.7 Å². The highest BCUT2D eigenvalue weighted by atomic mass is 16.7. The number of nitrogens with zero attached hydrogens (tertiary/aromatic N) is 11. The molecule has 3 saturated heterocycles. The summed E-state index contributed by atoms with van der Waals surface area (Å²) in [5.74, 6) is -12.0. The summed E-state index contributed by atoms with van der Waals surface area (Å²) in [5.41, 5.74) is 27.6. The predicted molar refractivity (Wildman–Crippen MR) is 489 cm³/mol. The topological polar surface area (TPSA) is 600 Å². The van der Waals surface area contributed by atoms with Gasteiger partial charge in [-0.05, 0) is 159 Å². The Kier molecular flexibility index (Phi) is 44.1. The summed E-state index contributed by atoms with van der Waals surface area (Å²) in [6.45, 7) is 9.87. The average Bonchev–Trinajstić information content (AvgIpc) is 1.27. The van der Waals surface area contributed by atoms with Crippen LogP contribution in [0.1, 0.15) is 99.3 Å². The first-order valence-electron chi connectivity index (χ1n) is 44.3. The van der Waals surface area contributed by atoms with E-state index in [0.717, 1.165) is 66.5 Å². The molecule has 5 aliphatic rings. The van der Waals surface area contributed by atoms with E-state index in [1.165, 1.54) is 12.2 Å². The molecule has 5 heterocycles. The highest BCUT2D eigenvalue weighted by Gasteiger charge is 2.35. The standard InChI is InChI=1S/C44H60N8O11.C36H54N8O8.C11H10N2O6/c1-30-24-32(8-10-35(30)45)33-9-11-36(31(2)25-33)47-44(63)37(7-5-3-4-6-34(53)14-15-52-39(55)12-13-40(52)56)46-38(54)26-48-16-18-49(27-41(57)58)20-22-51(29-43(61)62)23-21-50(19-17-48)28-42(59)60;1-25-19-27(6-8-29(25)38)28-7-9-30(26(2)20-28)40-36(52)31(5-3-4-10-37)39-32(45)21-41-11-13-42(22-33(46)47)15-17-44(24-35(50)51)18-16-43(14-12-41)23-34(48)49;14-7-1-2-8(15)12(7)6-5-11(18)19-13-9(16)3-4-10(13)17/h8-13,24-25,37H,3-7,14-23,26-29,45H2,1-2H3,(H,46,54)(H,47,63)(H,57,58)(H,59,60)(H,61,62);6-9,19-20,31H,3-5,10-18,21-24,37-38H2,1-2H3,(H,39,45)(H,40,52)(H,46,47)(H,48,49)(H,50,51);1-2H,3-6H2/t37-;31-;/m00./s1. The molecule has 3 fully saturated rings. The Hall–Kier alpha value is -13.1. The van der Waals surface area contributed by atoms with Crippen LogP contribution >= 0.6 is 0 Å². The van der Waals surface area contributed by atoms with Crippen LogP contribution in [0.25, 0.3) is 22.3 Å². The fraction of sp³-hybridized carbons (Fsp3) is 0.495. The van der Waals surface area contributed by atoms with E-state index in [1.54, 1.807) is 40.4 Å². The zero-order valence-corrected chi connectivity index (χ0v) is 76.1. The third-order valence-corrected chi connectivity index (χ3v) is 22.8. The summed E-state index contributed by atoms with van der Waals surface area (Å²) in [4.78, 5) is 237. The second kappa shape index (κ2) is 54.8. The first-order valence-corrected chi connectivity index (χ1v) is 44.3. The first-order chi connectivity index (χ1) is 63.7. The Bertz CT molecular complexity index is 4830. The fourth-order valence-electron chi connectivity index (χ4n) is 15.1. The number of carboxylic acid groups (broad SMARTS) is 6. The monoisotopic (exact) mass is 1870 g/mol. The minimum atomic E-state index is -1.07. The normalized spacial score (nSPS) is 16.8. The summed E-state index contributed by atoms with van der Waals surface area (Å²) in [7, 11) is 0. The number of carbonyl (C=O) groups is 18. The van der Waals surface area contributed by atoms with E-state index in [-0.39, 0.29) is 220 Å². The molecule has 16 N–H and O–H groups in total. The molecular formula is C91H124N18O25. The Morgan fingerprint density at radius 3 is 0.933 bits per heavy atom. The zero-order valence-electron chi connectivity index (χ0n) is 76.1. The number of aliphatic carboxylic acids is 6. The van der Waals surface area contributed by atoms with E-state index in [2.05, 4.69) is 26.1 Å². The molecule has 728 valence electrons. The summed E-state index contributed by atoms with van der Waals surface area (Å²) >= 11 is 0. The van der Waals surface area contributed by atoms with Crippen molar-refractivity contribution in [3.05, 3.63) is 119 Å². The van der Waals surface area contributed by atoms with Gasteiger partial charge in [-0.15, -0.1) is 5.06 Å². The van der Waals surface area contributed by atoms with Gasteiger partial charge in [-0.3, -0.25) is 131 Å². The molecule has 0 radical (unpaired) electrons. The number of nitrogen functional groups attached to an aromatic ring is 2. The third kappa shape index (κ3) is 37.8. The minimum Gasteiger partial charge on any atom is -0.480 e. The van der Waals surface area contributed by atoms with Gasteiger partial charge in [-0.1, -0.05) is 37.1 Å². The Morgan fingerprint density at radius 2 is 0.642 bits per heavy atom. The lowest BCUT2D eigenvalue weighted by atomic mass is 9.99. The molecule has 43 heteroatoms. The van der Waals surface area contributed by atoms with Gasteiger partial charge >= 0.3 is 41.8 Å². The van der Waals surface area contributed by atoms with Crippen molar-refractivity contribution >= 4 is 129 Å². The van der Waals surface area contributed by atoms with Gasteiger partial charge in [0.2, 0.25) is 23.6 Å². The molecule has 0 aromatic heterocycles. The molecule has 0 aliphatic carbocycles. The van der Waals surface area contributed by atoms with Crippen LogP contribution < -0.4 is 38.5 Å². The number of aryl methyl sites for hydroxylation is 4. The van der Waals surface area contributed by atoms with Crippen LogP contribution in [-0.2, 0) is 91.1 Å². The number of nitrogens with two attached hydrogens (primary N) is 3. The van der Waals surface area contributed by atoms with Crippen molar-refractivity contribution in [2.45, 2.75) is 117 Å². The number of Topliss-reactive ketones (excluding diaryl/α,β-unsaturated/α-hetero) is 1. The van der Waals surface area contributed by atoms with Crippen molar-refractivity contribution in [3.8, 4) is 22.3 Å². The molecular weight excluding hydrogens is 1750 g/mol. The number of carboxylic acids is 6. The van der Waals surface area contributed by atoms with Crippen LogP contribution in [0.3, 0.4) is 0 Å². The average molecular weight is 1870 g/mol. The Morgan fingerprint density at radius 1 is 0.358 bits per heavy atom. The maximum Gasteiger partial charge on any atom is 0.335 e. The number of amides is 10. The number of nitrogens with one attached hydrogen (secondary N) is 4. The van der Waals surface area contributed by atoms with E-state index in [9.17, 15) is 117 Å². The number of rotatable bonds is 41. The molecule has 0 saturated carbocycles. The van der Waals surface area contributed by atoms with Crippen LogP contribution in [0.4, 0.5) is 22.7 Å². The van der Waals surface area contributed by atoms with Crippen LogP contribution in [0.2, 0.25) is 0 Å². The number of ketones is 1. The number of anilines is 4. The van der Waals surface area contributed by atoms with E-state index in [0.29, 0.717) is 72.9 Å². The van der Waals surface area contributed by atoms with Crippen molar-refractivity contribution < 1.29 is 122 Å². The Balaban J connectivity index is 0.000000308. The summed E-state index contributed by atoms with van der Waals surface area (Å²) in [5, 5.41) is 69.1. The maximum absolute atomic E-state index is 14.0. The molecule has 134 heavy (non-hydrogen) atoms. The number of benzene rings is 4. The van der Waals surface area contributed by atoms with Gasteiger partial charge in [0.05, 0.1) is 58.8 Å². The lowest BCUT2D eigenvalue weighted by molar-refractivity contribution is -0.197. The highest BCUT2D eigenvalue weighted by Crippen LogP contribution is 2.30. The highest BCUT2D eigenvalue weighted by molar-refractivity contribution is 6.14. The zero-order chi connectivity index (χ0) is 98.3. The molecule has 0 unspecified atom stereocenters. The maximum atomic E-state index is 14.0. The summed E-state index contributed by atoms with van der Waals surface area (Å²) in [6.07, 6.45) is 7.94. The second-order valence-electron chi connectivity index (χ2n) is 33.3. The van der Waals surface area contributed by atoms with Crippen LogP contribution in [-0.4, -0.2) is 380 Å². The molecule has 0 bridgehead atoms. The molecule has 10 amide bonds. The van der Waals surface area contributed by atoms with Crippen LogP contribution in [0.5, 0.6) is 0 Å². The minimum absolute atomic E-state index is 0.00931. The molecule has 4 aromatic carbocycles. The smallest absolute Gasteiger partial charge is 0.335 e. The van der Waals surface area contributed by atoms with Crippen molar-refractivity contribution in [2.24, 2.45) is 5.73 Å². The molecule has 2 atom stereocenters. The van der Waals surface area contributed by atoms with Gasteiger partial charge in [-0.2, -0.15) is 0 Å². The van der Waals surface area contributed by atoms with Gasteiger partial charge in [0, 0.05) is 191 Å². The SMILES string of the molecule is Cc1cc(-c2ccc(NC(=O)[C@H](CCCCCC(=O)CCN3C(=O)C=CC3=O)NC(=O)CN3CCN(CC(=O)O)CCN(CC(=O)O)CCN(CC(=O)O)CC3)c(C)c2)ccc1N.Cc1cc(-c2ccc(NC(=O)[C@H](CCCCN)NC(=O)CN3CCN(CC(=O)O)CCN(CC(=O)O)CCN(CC(=O)O)CC3)c(C)c2)ccc1N.O=C(CCN1C(=O)C=CC1=O)ON1C(=O)CCC1=O. The molecule has 5 aliphatic heterocycles. The number of unbranched alkanes of at least 4 members (excludes halogenated alkanes) is 3. The quantitative estimate of drug-likeness (QED) is 0.0166. The van der Waals surface area contributed by atoms with Gasteiger partial charge < -0.3 is 73.9 Å². The largest absolute Gasteiger partial charge is 0.480 e. The third-order valence-electron chi connectivity index (χ3n) is 22.8. The van der Waals surface area contributed by atoms with E-state index in [4.69, 9.17) is 17.2 Å². The van der Waals surface area contributed by atoms with Gasteiger partial charge in [0.15, 0.2) is 0 Å². The summed E-state index contributed by atoms with van der Waals surface area (Å²) < 4.78 is 0. The fourth-order valence-corrected chi connectivity index (χ4v) is 15.1. The number of carbonyl (C=O) groups excluding carboxylic acids is 12.